The van der Waals surface area contributed by atoms with Crippen molar-refractivity contribution in [3.8, 4) is 0 Å². The molecule has 0 unspecified atom stereocenters. The van der Waals surface area contributed by atoms with Gasteiger partial charge in [0.1, 0.15) is 0 Å². The monoisotopic (exact) mass is 198 g/mol. The lowest BCUT2D eigenvalue weighted by Crippen LogP contribution is -2.16. The fraction of sp³-hybridized carbons (Fsp3) is 0.625. The maximum atomic E-state index is 11.0. The summed E-state index contributed by atoms with van der Waals surface area (Å²) in [7, 11) is 0. The topological polar surface area (TPSA) is 94.0 Å². The molecular formula is C8H14N4O2. The first-order chi connectivity index (χ1) is 6.70. The van der Waals surface area contributed by atoms with E-state index < -0.39 is 5.91 Å². The van der Waals surface area contributed by atoms with Crippen molar-refractivity contribution in [2.75, 3.05) is 6.61 Å². The van der Waals surface area contributed by atoms with E-state index in [2.05, 4.69) is 10.3 Å². The standard InChI is InChI=1S/C8H14N4O2/c1-2-3-6-7(8(9)14)10-11-12(6)4-5-13/h13H,2-5H2,1H3,(H2,9,14). The van der Waals surface area contributed by atoms with E-state index in [0.29, 0.717) is 18.7 Å². The molecule has 6 nitrogen and oxygen atoms in total. The molecule has 0 aliphatic carbocycles. The number of aromatic nitrogens is 3. The average Bonchev–Trinajstić information content (AvgIpc) is 2.50. The van der Waals surface area contributed by atoms with Gasteiger partial charge in [-0.3, -0.25) is 4.79 Å². The van der Waals surface area contributed by atoms with Gasteiger partial charge in [-0.05, 0) is 6.42 Å². The summed E-state index contributed by atoms with van der Waals surface area (Å²) in [4.78, 5) is 11.0. The molecule has 14 heavy (non-hydrogen) atoms. The lowest BCUT2D eigenvalue weighted by Gasteiger charge is -2.03. The molecule has 6 heteroatoms. The summed E-state index contributed by atoms with van der Waals surface area (Å²) in [5, 5.41) is 16.2. The van der Waals surface area contributed by atoms with Crippen LogP contribution in [0.2, 0.25) is 0 Å². The lowest BCUT2D eigenvalue weighted by atomic mass is 10.2. The van der Waals surface area contributed by atoms with Crippen LogP contribution in [0.15, 0.2) is 0 Å². The number of rotatable bonds is 5. The fourth-order valence-electron chi connectivity index (χ4n) is 1.28. The zero-order valence-corrected chi connectivity index (χ0v) is 8.10. The van der Waals surface area contributed by atoms with Crippen molar-refractivity contribution >= 4 is 5.91 Å². The molecule has 0 aromatic carbocycles. The SMILES string of the molecule is CCCc1c(C(N)=O)nnn1CCO. The van der Waals surface area contributed by atoms with Crippen LogP contribution in [-0.2, 0) is 13.0 Å². The Morgan fingerprint density at radius 1 is 1.64 bits per heavy atom. The van der Waals surface area contributed by atoms with Crippen molar-refractivity contribution in [2.45, 2.75) is 26.3 Å². The summed E-state index contributed by atoms with van der Waals surface area (Å²) in [6.07, 6.45) is 1.56. The molecule has 0 aliphatic rings. The van der Waals surface area contributed by atoms with Crippen LogP contribution in [0.25, 0.3) is 0 Å². The number of primary amides is 1. The van der Waals surface area contributed by atoms with Crippen LogP contribution in [0.3, 0.4) is 0 Å². The molecule has 0 saturated carbocycles. The van der Waals surface area contributed by atoms with Crippen molar-refractivity contribution < 1.29 is 9.90 Å². The van der Waals surface area contributed by atoms with E-state index in [0.717, 1.165) is 6.42 Å². The van der Waals surface area contributed by atoms with Gasteiger partial charge in [0.05, 0.1) is 18.8 Å². The highest BCUT2D eigenvalue weighted by Gasteiger charge is 2.15. The Kier molecular flexibility index (Phi) is 3.58. The van der Waals surface area contributed by atoms with Crippen LogP contribution >= 0.6 is 0 Å². The summed E-state index contributed by atoms with van der Waals surface area (Å²) in [5.41, 5.74) is 6.05. The van der Waals surface area contributed by atoms with E-state index in [1.165, 1.54) is 4.68 Å². The van der Waals surface area contributed by atoms with Gasteiger partial charge in [0.2, 0.25) is 0 Å². The summed E-state index contributed by atoms with van der Waals surface area (Å²) >= 11 is 0. The van der Waals surface area contributed by atoms with Crippen molar-refractivity contribution in [3.05, 3.63) is 11.4 Å². The zero-order valence-electron chi connectivity index (χ0n) is 8.10. The number of hydrogen-bond donors (Lipinski definition) is 2. The Morgan fingerprint density at radius 2 is 2.36 bits per heavy atom. The van der Waals surface area contributed by atoms with E-state index in [1.54, 1.807) is 0 Å². The lowest BCUT2D eigenvalue weighted by molar-refractivity contribution is 0.0994. The molecular weight excluding hydrogens is 184 g/mol. The molecule has 0 bridgehead atoms. The molecule has 1 amide bonds. The molecule has 1 aromatic heterocycles. The molecule has 1 aromatic rings. The van der Waals surface area contributed by atoms with Crippen molar-refractivity contribution in [1.29, 1.82) is 0 Å². The third kappa shape index (κ3) is 2.08. The molecule has 1 rings (SSSR count). The summed E-state index contributed by atoms with van der Waals surface area (Å²) in [6, 6.07) is 0. The minimum absolute atomic E-state index is 0.0295. The largest absolute Gasteiger partial charge is 0.394 e. The first kappa shape index (κ1) is 10.6. The molecule has 0 atom stereocenters. The predicted octanol–water partition coefficient (Wildman–Crippen LogP) is -0.678. The van der Waals surface area contributed by atoms with E-state index in [1.807, 2.05) is 6.92 Å². The molecule has 0 radical (unpaired) electrons. The minimum atomic E-state index is -0.572. The second-order valence-electron chi connectivity index (χ2n) is 2.95. The molecule has 78 valence electrons. The number of carbonyl (C=O) groups is 1. The highest BCUT2D eigenvalue weighted by molar-refractivity contribution is 5.91. The van der Waals surface area contributed by atoms with Crippen LogP contribution < -0.4 is 5.73 Å². The van der Waals surface area contributed by atoms with Crippen LogP contribution in [0.1, 0.15) is 29.5 Å². The Bertz CT molecular complexity index is 321. The molecule has 3 N–H and O–H groups in total. The van der Waals surface area contributed by atoms with Crippen molar-refractivity contribution in [3.63, 3.8) is 0 Å². The second kappa shape index (κ2) is 4.71. The number of amides is 1. The van der Waals surface area contributed by atoms with Gasteiger partial charge in [-0.2, -0.15) is 0 Å². The average molecular weight is 198 g/mol. The first-order valence-corrected chi connectivity index (χ1v) is 4.53. The number of hydrogen-bond acceptors (Lipinski definition) is 4. The molecule has 0 saturated heterocycles. The molecule has 0 aliphatic heterocycles. The fourth-order valence-corrected chi connectivity index (χ4v) is 1.28. The second-order valence-corrected chi connectivity index (χ2v) is 2.95. The van der Waals surface area contributed by atoms with E-state index in [-0.39, 0.29) is 12.3 Å². The summed E-state index contributed by atoms with van der Waals surface area (Å²) in [6.45, 7) is 2.30. The zero-order chi connectivity index (χ0) is 10.6. The number of aliphatic hydroxyl groups excluding tert-OH is 1. The summed E-state index contributed by atoms with van der Waals surface area (Å²) in [5.74, 6) is -0.572. The van der Waals surface area contributed by atoms with Crippen molar-refractivity contribution in [2.24, 2.45) is 5.73 Å². The third-order valence-electron chi connectivity index (χ3n) is 1.87. The van der Waals surface area contributed by atoms with Gasteiger partial charge in [0.25, 0.3) is 5.91 Å². The van der Waals surface area contributed by atoms with Gasteiger partial charge in [0, 0.05) is 0 Å². The van der Waals surface area contributed by atoms with Gasteiger partial charge in [0.15, 0.2) is 5.69 Å². The van der Waals surface area contributed by atoms with Gasteiger partial charge in [-0.15, -0.1) is 5.10 Å². The normalized spacial score (nSPS) is 10.4. The Balaban J connectivity index is 3.00. The quantitative estimate of drug-likeness (QED) is 0.655. The van der Waals surface area contributed by atoms with E-state index in [4.69, 9.17) is 10.8 Å². The van der Waals surface area contributed by atoms with Crippen LogP contribution in [0.5, 0.6) is 0 Å². The van der Waals surface area contributed by atoms with Crippen molar-refractivity contribution in [1.82, 2.24) is 15.0 Å². The Labute approximate surface area is 81.7 Å². The van der Waals surface area contributed by atoms with Crippen LogP contribution in [0, 0.1) is 0 Å². The van der Waals surface area contributed by atoms with Gasteiger partial charge in [-0.1, -0.05) is 18.6 Å². The van der Waals surface area contributed by atoms with Gasteiger partial charge < -0.3 is 10.8 Å². The van der Waals surface area contributed by atoms with Gasteiger partial charge in [-0.25, -0.2) is 4.68 Å². The maximum absolute atomic E-state index is 11.0. The Hall–Kier alpha value is -1.43. The maximum Gasteiger partial charge on any atom is 0.271 e. The number of aliphatic hydroxyl groups is 1. The first-order valence-electron chi connectivity index (χ1n) is 4.53. The smallest absolute Gasteiger partial charge is 0.271 e. The Morgan fingerprint density at radius 3 is 2.86 bits per heavy atom. The molecule has 0 spiro atoms. The van der Waals surface area contributed by atoms with Crippen LogP contribution in [-0.4, -0.2) is 32.6 Å². The van der Waals surface area contributed by atoms with E-state index in [9.17, 15) is 4.79 Å². The minimum Gasteiger partial charge on any atom is -0.394 e. The highest BCUT2D eigenvalue weighted by Crippen LogP contribution is 2.07. The predicted molar refractivity (Wildman–Crippen MR) is 49.6 cm³/mol. The highest BCUT2D eigenvalue weighted by atomic mass is 16.3. The van der Waals surface area contributed by atoms with Crippen LogP contribution in [0.4, 0.5) is 0 Å². The molecule has 1 heterocycles. The number of nitrogens with two attached hydrogens (primary N) is 1. The summed E-state index contributed by atoms with van der Waals surface area (Å²) < 4.78 is 1.52. The van der Waals surface area contributed by atoms with E-state index >= 15 is 0 Å². The molecule has 0 fully saturated rings. The number of nitrogens with zero attached hydrogens (tertiary/aromatic N) is 3. The number of carbonyl (C=O) groups excluding carboxylic acids is 1. The van der Waals surface area contributed by atoms with Gasteiger partial charge >= 0.3 is 0 Å². The third-order valence-corrected chi connectivity index (χ3v) is 1.87.